The average Bonchev–Trinajstić information content (AvgIpc) is 3.01. The van der Waals surface area contributed by atoms with Crippen molar-refractivity contribution in [1.82, 2.24) is 24.9 Å². The highest BCUT2D eigenvalue weighted by Crippen LogP contribution is 2.22. The van der Waals surface area contributed by atoms with E-state index in [9.17, 15) is 4.79 Å². The van der Waals surface area contributed by atoms with Crippen molar-refractivity contribution < 1.29 is 4.79 Å². The van der Waals surface area contributed by atoms with Gasteiger partial charge < -0.3 is 5.32 Å². The van der Waals surface area contributed by atoms with Gasteiger partial charge in [-0.25, -0.2) is 0 Å². The number of carbonyl (C=O) groups excluding carboxylic acids is 1. The van der Waals surface area contributed by atoms with E-state index >= 15 is 0 Å². The molecule has 1 N–H and O–H groups in total. The Morgan fingerprint density at radius 1 is 1.14 bits per heavy atom. The van der Waals surface area contributed by atoms with Crippen LogP contribution in [0.1, 0.15) is 30.2 Å². The van der Waals surface area contributed by atoms with Crippen LogP contribution in [-0.2, 0) is 31.2 Å². The van der Waals surface area contributed by atoms with Crippen LogP contribution in [0.5, 0.6) is 0 Å². The fraction of sp³-hybridized carbons (Fsp3) is 0.545. The molecule has 0 spiro atoms. The van der Waals surface area contributed by atoms with E-state index in [4.69, 9.17) is 11.6 Å². The minimum Gasteiger partial charge on any atom is -0.355 e. The van der Waals surface area contributed by atoms with Crippen molar-refractivity contribution in [2.45, 2.75) is 32.7 Å². The molecule has 1 saturated heterocycles. The first-order valence-electron chi connectivity index (χ1n) is 10.5. The first kappa shape index (κ1) is 21.8. The van der Waals surface area contributed by atoms with Gasteiger partial charge in [-0.3, -0.25) is 19.3 Å². The third kappa shape index (κ3) is 6.29. The molecule has 1 fully saturated rings. The van der Waals surface area contributed by atoms with Gasteiger partial charge in [-0.1, -0.05) is 48.9 Å². The summed E-state index contributed by atoms with van der Waals surface area (Å²) in [5.41, 5.74) is 3.54. The highest BCUT2D eigenvalue weighted by Gasteiger charge is 2.22. The van der Waals surface area contributed by atoms with Crippen LogP contribution < -0.4 is 5.32 Å². The summed E-state index contributed by atoms with van der Waals surface area (Å²) >= 11 is 6.42. The fourth-order valence-electron chi connectivity index (χ4n) is 3.79. The quantitative estimate of drug-likeness (QED) is 0.637. The Kier molecular flexibility index (Phi) is 8.09. The first-order chi connectivity index (χ1) is 14.1. The Balaban J connectivity index is 1.35. The van der Waals surface area contributed by atoms with Crippen LogP contribution in [0.25, 0.3) is 0 Å². The smallest absolute Gasteiger partial charge is 0.234 e. The molecule has 1 aromatic heterocycles. The SMILES string of the molecule is CCc1nn(C)c(Cl)c1CN1CCN(CC(=O)NCCCc2ccccc2)CC1. The largest absolute Gasteiger partial charge is 0.355 e. The van der Waals surface area contributed by atoms with Gasteiger partial charge in [-0.15, -0.1) is 0 Å². The van der Waals surface area contributed by atoms with Crippen LogP contribution in [0, 0.1) is 0 Å². The molecule has 3 rings (SSSR count). The number of rotatable bonds is 9. The van der Waals surface area contributed by atoms with Crippen molar-refractivity contribution in [3.63, 3.8) is 0 Å². The Bertz CT molecular complexity index is 784. The van der Waals surface area contributed by atoms with Gasteiger partial charge in [-0.2, -0.15) is 5.10 Å². The van der Waals surface area contributed by atoms with Gasteiger partial charge in [0, 0.05) is 51.9 Å². The van der Waals surface area contributed by atoms with Crippen LogP contribution in [-0.4, -0.2) is 64.8 Å². The number of carbonyl (C=O) groups is 1. The summed E-state index contributed by atoms with van der Waals surface area (Å²) < 4.78 is 1.76. The summed E-state index contributed by atoms with van der Waals surface area (Å²) in [6.45, 7) is 7.83. The number of nitrogens with one attached hydrogen (secondary N) is 1. The molecule has 0 aliphatic carbocycles. The second-order valence-corrected chi connectivity index (χ2v) is 8.04. The number of hydrogen-bond acceptors (Lipinski definition) is 4. The number of benzene rings is 1. The Labute approximate surface area is 178 Å². The number of aromatic nitrogens is 2. The maximum Gasteiger partial charge on any atom is 0.234 e. The molecule has 1 aromatic carbocycles. The van der Waals surface area contributed by atoms with Gasteiger partial charge in [0.2, 0.25) is 5.91 Å². The summed E-state index contributed by atoms with van der Waals surface area (Å²) in [4.78, 5) is 16.9. The zero-order chi connectivity index (χ0) is 20.6. The minimum atomic E-state index is 0.120. The molecule has 1 aliphatic rings. The second kappa shape index (κ2) is 10.8. The van der Waals surface area contributed by atoms with Crippen molar-refractivity contribution in [3.8, 4) is 0 Å². The molecule has 2 heterocycles. The van der Waals surface area contributed by atoms with Gasteiger partial charge in [0.05, 0.1) is 12.2 Å². The lowest BCUT2D eigenvalue weighted by Crippen LogP contribution is -2.49. The van der Waals surface area contributed by atoms with Crippen LogP contribution >= 0.6 is 11.6 Å². The van der Waals surface area contributed by atoms with Crippen LogP contribution in [0.2, 0.25) is 5.15 Å². The Hall–Kier alpha value is -1.89. The summed E-state index contributed by atoms with van der Waals surface area (Å²) in [5, 5.41) is 8.29. The van der Waals surface area contributed by atoms with E-state index in [1.807, 2.05) is 13.1 Å². The number of piperazine rings is 1. The van der Waals surface area contributed by atoms with Crippen molar-refractivity contribution >= 4 is 17.5 Å². The maximum atomic E-state index is 12.2. The van der Waals surface area contributed by atoms with E-state index in [0.717, 1.165) is 74.9 Å². The molecular weight excluding hydrogens is 386 g/mol. The zero-order valence-corrected chi connectivity index (χ0v) is 18.3. The van der Waals surface area contributed by atoms with E-state index in [0.29, 0.717) is 6.54 Å². The Morgan fingerprint density at radius 3 is 2.52 bits per heavy atom. The van der Waals surface area contributed by atoms with Crippen LogP contribution in [0.3, 0.4) is 0 Å². The summed E-state index contributed by atoms with van der Waals surface area (Å²) in [6.07, 6.45) is 2.85. The predicted molar refractivity (Wildman–Crippen MR) is 117 cm³/mol. The molecule has 0 unspecified atom stereocenters. The van der Waals surface area contributed by atoms with Gasteiger partial charge in [0.1, 0.15) is 5.15 Å². The summed E-state index contributed by atoms with van der Waals surface area (Å²) in [6, 6.07) is 10.4. The van der Waals surface area contributed by atoms with Crippen LogP contribution in [0.15, 0.2) is 30.3 Å². The van der Waals surface area contributed by atoms with Gasteiger partial charge in [0.15, 0.2) is 0 Å². The van der Waals surface area contributed by atoms with Gasteiger partial charge in [-0.05, 0) is 24.8 Å². The number of hydrogen-bond donors (Lipinski definition) is 1. The Morgan fingerprint density at radius 2 is 1.83 bits per heavy atom. The standard InChI is InChI=1S/C22H32ClN5O/c1-3-20-19(22(23)26(2)25-20)16-27-12-14-28(15-13-27)17-21(29)24-11-7-10-18-8-5-4-6-9-18/h4-6,8-9H,3,7,10-17H2,1-2H3,(H,24,29). The highest BCUT2D eigenvalue weighted by molar-refractivity contribution is 6.30. The topological polar surface area (TPSA) is 53.4 Å². The molecule has 7 heteroatoms. The van der Waals surface area contributed by atoms with Crippen molar-refractivity contribution in [2.24, 2.45) is 7.05 Å². The molecule has 0 atom stereocenters. The molecule has 0 saturated carbocycles. The molecule has 29 heavy (non-hydrogen) atoms. The van der Waals surface area contributed by atoms with E-state index in [-0.39, 0.29) is 5.91 Å². The minimum absolute atomic E-state index is 0.120. The maximum absolute atomic E-state index is 12.2. The number of halogens is 1. The molecule has 6 nitrogen and oxygen atoms in total. The average molecular weight is 418 g/mol. The lowest BCUT2D eigenvalue weighted by molar-refractivity contribution is -0.122. The van der Waals surface area contributed by atoms with Crippen molar-refractivity contribution in [2.75, 3.05) is 39.3 Å². The lowest BCUT2D eigenvalue weighted by atomic mass is 10.1. The van der Waals surface area contributed by atoms with Gasteiger partial charge in [0.25, 0.3) is 0 Å². The van der Waals surface area contributed by atoms with Gasteiger partial charge >= 0.3 is 0 Å². The molecule has 1 amide bonds. The number of nitrogens with zero attached hydrogens (tertiary/aromatic N) is 4. The van der Waals surface area contributed by atoms with E-state index in [1.165, 1.54) is 5.56 Å². The molecule has 0 bridgehead atoms. The summed E-state index contributed by atoms with van der Waals surface area (Å²) in [7, 11) is 1.89. The zero-order valence-electron chi connectivity index (χ0n) is 17.5. The number of amides is 1. The van der Waals surface area contributed by atoms with E-state index < -0.39 is 0 Å². The monoisotopic (exact) mass is 417 g/mol. The van der Waals surface area contributed by atoms with Crippen LogP contribution in [0.4, 0.5) is 0 Å². The van der Waals surface area contributed by atoms with Crippen molar-refractivity contribution in [1.29, 1.82) is 0 Å². The molecule has 2 aromatic rings. The molecule has 158 valence electrons. The predicted octanol–water partition coefficient (Wildman–Crippen LogP) is 2.50. The number of aryl methyl sites for hydroxylation is 3. The third-order valence-corrected chi connectivity index (χ3v) is 5.98. The second-order valence-electron chi connectivity index (χ2n) is 7.68. The highest BCUT2D eigenvalue weighted by atomic mass is 35.5. The van der Waals surface area contributed by atoms with E-state index in [2.05, 4.69) is 51.4 Å². The summed E-state index contributed by atoms with van der Waals surface area (Å²) in [5.74, 6) is 0.120. The molecule has 0 radical (unpaired) electrons. The molecule has 1 aliphatic heterocycles. The lowest BCUT2D eigenvalue weighted by Gasteiger charge is -2.34. The van der Waals surface area contributed by atoms with Crippen molar-refractivity contribution in [3.05, 3.63) is 52.3 Å². The third-order valence-electron chi connectivity index (χ3n) is 5.51. The molecular formula is C22H32ClN5O. The first-order valence-corrected chi connectivity index (χ1v) is 10.9. The fourth-order valence-corrected chi connectivity index (χ4v) is 4.00. The normalized spacial score (nSPS) is 15.6. The van der Waals surface area contributed by atoms with E-state index in [1.54, 1.807) is 4.68 Å².